The molecule has 0 aromatic heterocycles. The van der Waals surface area contributed by atoms with Crippen molar-refractivity contribution in [3.05, 3.63) is 64.1 Å². The van der Waals surface area contributed by atoms with Crippen molar-refractivity contribution in [2.75, 3.05) is 20.2 Å². The molecule has 4 rings (SSSR count). The Hall–Kier alpha value is -3.58. The summed E-state index contributed by atoms with van der Waals surface area (Å²) in [4.78, 5) is 37.2. The maximum Gasteiger partial charge on any atom is 0.420 e. The van der Waals surface area contributed by atoms with Gasteiger partial charge < -0.3 is 19.5 Å². The number of carbonyl (C=O) groups excluding carboxylic acids is 2. The number of carbonyl (C=O) groups is 3. The molecular formula is C24H19F3N2O6S2. The molecule has 0 saturated carbocycles. The number of ether oxygens (including phenoxy) is 2. The van der Waals surface area contributed by atoms with Crippen molar-refractivity contribution in [1.82, 2.24) is 9.80 Å². The van der Waals surface area contributed by atoms with Gasteiger partial charge in [-0.2, -0.15) is 13.2 Å². The van der Waals surface area contributed by atoms with Crippen molar-refractivity contribution in [2.24, 2.45) is 0 Å². The number of thioether (sulfide) groups is 1. The first-order valence-electron chi connectivity index (χ1n) is 10.8. The fourth-order valence-corrected chi connectivity index (χ4v) is 4.94. The monoisotopic (exact) mass is 552 g/mol. The Morgan fingerprint density at radius 2 is 1.95 bits per heavy atom. The number of amides is 2. The second-order valence-corrected chi connectivity index (χ2v) is 9.88. The topological polar surface area (TPSA) is 96.4 Å². The van der Waals surface area contributed by atoms with E-state index in [1.165, 1.54) is 29.2 Å². The standard InChI is InChI=1S/C24H19F3N2O6S2/c1-28-15(12-34-22(28)33)8-13-2-5-16(6-3-13)35-18-7-4-14(9-17(18)24(25,26)27)10-19-21(32)29(11-20(30)31)23(36)37-19/h2-7,9-10,15H,8,11-12H2,1H3,(H,30,31). The maximum absolute atomic E-state index is 13.8. The van der Waals surface area contributed by atoms with Crippen molar-refractivity contribution in [3.8, 4) is 11.5 Å². The summed E-state index contributed by atoms with van der Waals surface area (Å²) in [6, 6.07) is 9.70. The van der Waals surface area contributed by atoms with Crippen molar-refractivity contribution >= 4 is 52.3 Å². The lowest BCUT2D eigenvalue weighted by molar-refractivity contribution is -0.140. The number of hydrogen-bond acceptors (Lipinski definition) is 7. The molecule has 0 aliphatic carbocycles. The van der Waals surface area contributed by atoms with Gasteiger partial charge in [-0.05, 0) is 47.9 Å². The van der Waals surface area contributed by atoms with Gasteiger partial charge in [-0.25, -0.2) is 4.79 Å². The lowest BCUT2D eigenvalue weighted by atomic mass is 10.1. The molecule has 2 aliphatic heterocycles. The summed E-state index contributed by atoms with van der Waals surface area (Å²) >= 11 is 5.82. The van der Waals surface area contributed by atoms with E-state index >= 15 is 0 Å². The third kappa shape index (κ3) is 6.05. The summed E-state index contributed by atoms with van der Waals surface area (Å²) < 4.78 is 52.0. The van der Waals surface area contributed by atoms with Crippen LogP contribution in [0.25, 0.3) is 6.08 Å². The molecule has 2 saturated heterocycles. The molecular weight excluding hydrogens is 533 g/mol. The number of alkyl halides is 3. The molecule has 37 heavy (non-hydrogen) atoms. The summed E-state index contributed by atoms with van der Waals surface area (Å²) in [5, 5.41) is 8.92. The van der Waals surface area contributed by atoms with Crippen LogP contribution >= 0.6 is 24.0 Å². The molecule has 2 aliphatic rings. The molecule has 194 valence electrons. The quantitative estimate of drug-likeness (QED) is 0.388. The molecule has 13 heteroatoms. The van der Waals surface area contributed by atoms with Crippen LogP contribution in [0, 0.1) is 0 Å². The van der Waals surface area contributed by atoms with E-state index in [0.717, 1.165) is 34.4 Å². The van der Waals surface area contributed by atoms with Gasteiger partial charge in [0.2, 0.25) is 0 Å². The van der Waals surface area contributed by atoms with Crippen LogP contribution in [-0.4, -0.2) is 63.4 Å². The number of thiocarbonyl (C=S) groups is 1. The van der Waals surface area contributed by atoms with Gasteiger partial charge in [0.25, 0.3) is 5.91 Å². The highest BCUT2D eigenvalue weighted by molar-refractivity contribution is 8.26. The van der Waals surface area contributed by atoms with Crippen molar-refractivity contribution in [3.63, 3.8) is 0 Å². The largest absolute Gasteiger partial charge is 0.480 e. The van der Waals surface area contributed by atoms with E-state index in [1.54, 1.807) is 19.2 Å². The van der Waals surface area contributed by atoms with Crippen LogP contribution in [0.15, 0.2) is 47.4 Å². The molecule has 2 aromatic carbocycles. The smallest absolute Gasteiger partial charge is 0.420 e. The normalized spacial score (nSPS) is 19.1. The Balaban J connectivity index is 1.52. The number of cyclic esters (lactones) is 1. The SMILES string of the molecule is CN1C(=O)OCC1Cc1ccc(Oc2ccc(C=C3SC(=S)N(CC(=O)O)C3=O)cc2C(F)(F)F)cc1. The predicted octanol–water partition coefficient (Wildman–Crippen LogP) is 4.78. The first-order valence-corrected chi connectivity index (χ1v) is 12.0. The Morgan fingerprint density at radius 3 is 2.54 bits per heavy atom. The number of likely N-dealkylation sites (N-methyl/N-ethyl adjacent to an activating group) is 1. The maximum atomic E-state index is 13.8. The van der Waals surface area contributed by atoms with E-state index < -0.39 is 42.0 Å². The van der Waals surface area contributed by atoms with Gasteiger partial charge in [-0.15, -0.1) is 0 Å². The highest BCUT2D eigenvalue weighted by Gasteiger charge is 2.36. The van der Waals surface area contributed by atoms with Crippen LogP contribution in [-0.2, 0) is 26.9 Å². The molecule has 0 spiro atoms. The number of benzene rings is 2. The molecule has 8 nitrogen and oxygen atoms in total. The van der Waals surface area contributed by atoms with Gasteiger partial charge in [-0.1, -0.05) is 42.2 Å². The molecule has 1 atom stereocenters. The van der Waals surface area contributed by atoms with Crippen molar-refractivity contribution in [1.29, 1.82) is 0 Å². The molecule has 1 unspecified atom stereocenters. The zero-order chi connectivity index (χ0) is 26.9. The van der Waals surface area contributed by atoms with Gasteiger partial charge in [0, 0.05) is 7.05 Å². The predicted molar refractivity (Wildman–Crippen MR) is 132 cm³/mol. The van der Waals surface area contributed by atoms with Gasteiger partial charge in [-0.3, -0.25) is 14.5 Å². The van der Waals surface area contributed by atoms with E-state index in [1.807, 2.05) is 0 Å². The Labute approximate surface area is 218 Å². The van der Waals surface area contributed by atoms with Crippen LogP contribution in [0.4, 0.5) is 18.0 Å². The van der Waals surface area contributed by atoms with Crippen LogP contribution < -0.4 is 4.74 Å². The molecule has 1 N–H and O–H groups in total. The van der Waals surface area contributed by atoms with E-state index in [4.69, 9.17) is 26.8 Å². The number of hydrogen-bond donors (Lipinski definition) is 1. The summed E-state index contributed by atoms with van der Waals surface area (Å²) in [5.41, 5.74) is -0.119. The third-order valence-electron chi connectivity index (χ3n) is 5.63. The molecule has 2 aromatic rings. The van der Waals surface area contributed by atoms with E-state index in [-0.39, 0.29) is 33.2 Å². The molecule has 2 fully saturated rings. The third-order valence-corrected chi connectivity index (χ3v) is 7.01. The zero-order valence-corrected chi connectivity index (χ0v) is 20.8. The van der Waals surface area contributed by atoms with Crippen LogP contribution in [0.5, 0.6) is 11.5 Å². The van der Waals surface area contributed by atoms with Gasteiger partial charge in [0.05, 0.1) is 16.5 Å². The number of aliphatic carboxylic acids is 1. The molecule has 2 amide bonds. The minimum absolute atomic E-state index is 0.0109. The van der Waals surface area contributed by atoms with E-state index in [9.17, 15) is 27.6 Å². The first kappa shape index (κ1) is 26.5. The average Bonchev–Trinajstić information content (AvgIpc) is 3.28. The van der Waals surface area contributed by atoms with Gasteiger partial charge >= 0.3 is 18.2 Å². The minimum Gasteiger partial charge on any atom is -0.480 e. The fourth-order valence-electron chi connectivity index (χ4n) is 3.69. The van der Waals surface area contributed by atoms with Crippen molar-refractivity contribution in [2.45, 2.75) is 18.6 Å². The highest BCUT2D eigenvalue weighted by atomic mass is 32.2. The number of nitrogens with zero attached hydrogens (tertiary/aromatic N) is 2. The number of carboxylic acid groups (broad SMARTS) is 1. The van der Waals surface area contributed by atoms with Crippen LogP contribution in [0.3, 0.4) is 0 Å². The average molecular weight is 553 g/mol. The Morgan fingerprint density at radius 1 is 1.24 bits per heavy atom. The highest BCUT2D eigenvalue weighted by Crippen LogP contribution is 2.40. The Kier molecular flexibility index (Phi) is 7.46. The summed E-state index contributed by atoms with van der Waals surface area (Å²) in [6.45, 7) is -0.372. The minimum atomic E-state index is -4.75. The zero-order valence-electron chi connectivity index (χ0n) is 19.2. The number of carboxylic acids is 1. The Bertz CT molecular complexity index is 1300. The number of rotatable bonds is 7. The van der Waals surface area contributed by atoms with Crippen molar-refractivity contribution < 1.29 is 42.1 Å². The fraction of sp³-hybridized carbons (Fsp3) is 0.250. The molecule has 0 radical (unpaired) electrons. The first-order chi connectivity index (χ1) is 17.4. The molecule has 2 heterocycles. The lowest BCUT2D eigenvalue weighted by Gasteiger charge is -2.17. The van der Waals surface area contributed by atoms with Gasteiger partial charge in [0.15, 0.2) is 0 Å². The summed E-state index contributed by atoms with van der Waals surface area (Å²) in [5.74, 6) is -2.19. The number of halogens is 3. The van der Waals surface area contributed by atoms with E-state index in [0.29, 0.717) is 6.42 Å². The van der Waals surface area contributed by atoms with Crippen LogP contribution in [0.2, 0.25) is 0 Å². The second kappa shape index (κ2) is 10.4. The van der Waals surface area contributed by atoms with Crippen LogP contribution in [0.1, 0.15) is 16.7 Å². The summed E-state index contributed by atoms with van der Waals surface area (Å²) in [6.07, 6.45) is -3.41. The summed E-state index contributed by atoms with van der Waals surface area (Å²) in [7, 11) is 1.64. The second-order valence-electron chi connectivity index (χ2n) is 8.21. The molecule has 0 bridgehead atoms. The van der Waals surface area contributed by atoms with E-state index in [2.05, 4.69) is 0 Å². The lowest BCUT2D eigenvalue weighted by Crippen LogP contribution is -2.33. The van der Waals surface area contributed by atoms with Gasteiger partial charge in [0.1, 0.15) is 29.0 Å².